The van der Waals surface area contributed by atoms with Gasteiger partial charge < -0.3 is 20.3 Å². The normalized spacial score (nSPS) is 16.6. The quantitative estimate of drug-likeness (QED) is 0.343. The van der Waals surface area contributed by atoms with Crippen LogP contribution in [0.15, 0.2) is 30.5 Å². The maximum atomic E-state index is 14.1. The zero-order valence-corrected chi connectivity index (χ0v) is 21.8. The molecule has 4 rings (SSSR count). The maximum Gasteiger partial charge on any atom is 0.419 e. The molecular weight excluding hydrogens is 529 g/mol. The van der Waals surface area contributed by atoms with Crippen molar-refractivity contribution in [2.75, 3.05) is 32.6 Å². The van der Waals surface area contributed by atoms with E-state index in [0.717, 1.165) is 23.3 Å². The van der Waals surface area contributed by atoms with Gasteiger partial charge in [-0.2, -0.15) is 13.2 Å². The van der Waals surface area contributed by atoms with Gasteiger partial charge >= 0.3 is 6.18 Å². The number of ether oxygens (including phenoxy) is 1. The number of hydrogen-bond donors (Lipinski definition) is 2. The smallest absolute Gasteiger partial charge is 0.367 e. The van der Waals surface area contributed by atoms with E-state index in [-0.39, 0.29) is 34.2 Å². The standard InChI is InChI=1S/C25H28F5N5O2S/c1-13-33-19-18(21(37-3)25(28,29)30)17(12-32-23(19)38-13)34-16-6-4-14(5-7-16)20(22(26)27)35(2)24(36)15-8-10-31-11-9-15/h4-7,12,15,20-22,31,34H,8-11H2,1-3H3/t20-,21+/m0/s1. The SMILES string of the molecule is CO[C@H](c1c(Nc2ccc([C@@H](C(F)F)N(C)C(=O)C3CCNCC3)cc2)cnc2sc(C)nc12)C(F)(F)F. The highest BCUT2D eigenvalue weighted by Gasteiger charge is 2.44. The number of aromatic nitrogens is 2. The molecule has 7 nitrogen and oxygen atoms in total. The zero-order valence-electron chi connectivity index (χ0n) is 21.0. The van der Waals surface area contributed by atoms with Crippen molar-refractivity contribution in [3.8, 4) is 0 Å². The van der Waals surface area contributed by atoms with Gasteiger partial charge in [-0.15, -0.1) is 0 Å². The lowest BCUT2D eigenvalue weighted by Crippen LogP contribution is -2.42. The number of piperidine rings is 1. The number of carbonyl (C=O) groups excluding carboxylic acids is 1. The number of nitrogens with one attached hydrogen (secondary N) is 2. The van der Waals surface area contributed by atoms with E-state index in [1.807, 2.05) is 0 Å². The summed E-state index contributed by atoms with van der Waals surface area (Å²) < 4.78 is 74.6. The summed E-state index contributed by atoms with van der Waals surface area (Å²) in [4.78, 5) is 22.8. The van der Waals surface area contributed by atoms with Crippen LogP contribution in [0.25, 0.3) is 10.3 Å². The topological polar surface area (TPSA) is 79.4 Å². The Balaban J connectivity index is 1.62. The number of hydrogen-bond acceptors (Lipinski definition) is 7. The molecule has 0 unspecified atom stereocenters. The number of carbonyl (C=O) groups is 1. The minimum atomic E-state index is -4.71. The molecule has 0 radical (unpaired) electrons. The number of pyridine rings is 1. The van der Waals surface area contributed by atoms with Gasteiger partial charge in [0.2, 0.25) is 5.91 Å². The fraction of sp³-hybridized carbons (Fsp3) is 0.480. The van der Waals surface area contributed by atoms with Crippen LogP contribution in [0, 0.1) is 12.8 Å². The van der Waals surface area contributed by atoms with Crippen molar-refractivity contribution in [3.05, 3.63) is 46.6 Å². The lowest BCUT2D eigenvalue weighted by molar-refractivity contribution is -0.215. The first-order valence-electron chi connectivity index (χ1n) is 12.0. The second kappa shape index (κ2) is 11.5. The van der Waals surface area contributed by atoms with E-state index in [1.54, 1.807) is 6.92 Å². The van der Waals surface area contributed by atoms with Gasteiger partial charge in [-0.05, 0) is 50.6 Å². The Labute approximate surface area is 220 Å². The van der Waals surface area contributed by atoms with Crippen molar-refractivity contribution >= 4 is 39.0 Å². The molecular formula is C25H28F5N5O2S. The van der Waals surface area contributed by atoms with Gasteiger partial charge in [0.05, 0.1) is 16.9 Å². The average Bonchev–Trinajstić information content (AvgIpc) is 3.26. The monoisotopic (exact) mass is 557 g/mol. The van der Waals surface area contributed by atoms with Crippen molar-refractivity contribution in [2.24, 2.45) is 5.92 Å². The number of nitrogens with zero attached hydrogens (tertiary/aromatic N) is 3. The molecule has 3 heterocycles. The molecule has 38 heavy (non-hydrogen) atoms. The number of amides is 1. The van der Waals surface area contributed by atoms with Gasteiger partial charge in [-0.1, -0.05) is 23.5 Å². The van der Waals surface area contributed by atoms with Crippen LogP contribution in [-0.2, 0) is 9.53 Å². The Morgan fingerprint density at radius 2 is 1.87 bits per heavy atom. The van der Waals surface area contributed by atoms with Gasteiger partial charge in [0.25, 0.3) is 6.43 Å². The average molecular weight is 558 g/mol. The number of halogens is 5. The fourth-order valence-electron chi connectivity index (χ4n) is 4.73. The molecule has 2 aromatic heterocycles. The van der Waals surface area contributed by atoms with E-state index in [9.17, 15) is 26.7 Å². The molecule has 0 aliphatic carbocycles. The van der Waals surface area contributed by atoms with Gasteiger partial charge in [-0.25, -0.2) is 18.7 Å². The first-order chi connectivity index (χ1) is 18.0. The van der Waals surface area contributed by atoms with E-state index < -0.39 is 24.7 Å². The molecule has 2 N–H and O–H groups in total. The summed E-state index contributed by atoms with van der Waals surface area (Å²) in [6.07, 6.45) is -7.35. The number of aryl methyl sites for hydroxylation is 1. The third-order valence-corrected chi connectivity index (χ3v) is 7.47. The Bertz CT molecular complexity index is 1260. The molecule has 0 saturated carbocycles. The third kappa shape index (κ3) is 5.89. The van der Waals surface area contributed by atoms with Crippen LogP contribution in [0.5, 0.6) is 0 Å². The van der Waals surface area contributed by atoms with Gasteiger partial charge in [0, 0.05) is 31.3 Å². The first-order valence-corrected chi connectivity index (χ1v) is 12.8. The largest absolute Gasteiger partial charge is 0.419 e. The summed E-state index contributed by atoms with van der Waals surface area (Å²) >= 11 is 1.16. The van der Waals surface area contributed by atoms with E-state index in [1.165, 1.54) is 37.5 Å². The van der Waals surface area contributed by atoms with Crippen molar-refractivity contribution < 1.29 is 31.5 Å². The third-order valence-electron chi connectivity index (χ3n) is 6.59. The van der Waals surface area contributed by atoms with Crippen LogP contribution in [0.1, 0.15) is 41.1 Å². The van der Waals surface area contributed by atoms with E-state index in [2.05, 4.69) is 20.6 Å². The summed E-state index contributed by atoms with van der Waals surface area (Å²) in [6, 6.07) is 4.36. The molecule has 3 aromatic rings. The summed E-state index contributed by atoms with van der Waals surface area (Å²) in [5, 5.41) is 6.60. The lowest BCUT2D eigenvalue weighted by atomic mass is 9.95. The molecule has 2 atom stereocenters. The van der Waals surface area contributed by atoms with Crippen LogP contribution in [0.4, 0.5) is 33.3 Å². The molecule has 1 saturated heterocycles. The number of alkyl halides is 5. The van der Waals surface area contributed by atoms with Crippen LogP contribution in [0.2, 0.25) is 0 Å². The number of methoxy groups -OCH3 is 1. The second-order valence-electron chi connectivity index (χ2n) is 9.13. The molecule has 1 amide bonds. The number of fused-ring (bicyclic) bond motifs is 1. The van der Waals surface area contributed by atoms with Crippen LogP contribution in [-0.4, -0.2) is 60.6 Å². The van der Waals surface area contributed by atoms with Gasteiger partial charge in [-0.3, -0.25) is 4.79 Å². The number of rotatable bonds is 8. The van der Waals surface area contributed by atoms with Crippen LogP contribution in [0.3, 0.4) is 0 Å². The number of thiazole rings is 1. The summed E-state index contributed by atoms with van der Waals surface area (Å²) in [7, 11) is 2.34. The molecule has 1 aliphatic heterocycles. The Hall–Kier alpha value is -2.90. The molecule has 1 aromatic carbocycles. The van der Waals surface area contributed by atoms with Crippen molar-refractivity contribution in [1.29, 1.82) is 0 Å². The predicted octanol–water partition coefficient (Wildman–Crippen LogP) is 5.76. The van der Waals surface area contributed by atoms with Crippen molar-refractivity contribution in [1.82, 2.24) is 20.2 Å². The Morgan fingerprint density at radius 1 is 1.21 bits per heavy atom. The van der Waals surface area contributed by atoms with E-state index >= 15 is 0 Å². The molecule has 0 bridgehead atoms. The fourth-order valence-corrected chi connectivity index (χ4v) is 5.51. The van der Waals surface area contributed by atoms with Crippen molar-refractivity contribution in [3.63, 3.8) is 0 Å². The van der Waals surface area contributed by atoms with Crippen LogP contribution >= 0.6 is 11.3 Å². The van der Waals surface area contributed by atoms with E-state index in [0.29, 0.717) is 41.5 Å². The summed E-state index contributed by atoms with van der Waals surface area (Å²) in [5.74, 6) is -0.652. The highest BCUT2D eigenvalue weighted by molar-refractivity contribution is 7.18. The molecule has 1 fully saturated rings. The second-order valence-corrected chi connectivity index (χ2v) is 10.3. The Morgan fingerprint density at radius 3 is 2.45 bits per heavy atom. The summed E-state index contributed by atoms with van der Waals surface area (Å²) in [6.45, 7) is 2.99. The Kier molecular flexibility index (Phi) is 8.48. The van der Waals surface area contributed by atoms with Gasteiger partial charge in [0.1, 0.15) is 16.4 Å². The highest BCUT2D eigenvalue weighted by Crippen LogP contribution is 2.43. The van der Waals surface area contributed by atoms with Crippen LogP contribution < -0.4 is 10.6 Å². The minimum absolute atomic E-state index is 0.0309. The molecule has 13 heteroatoms. The minimum Gasteiger partial charge on any atom is -0.367 e. The molecule has 1 aliphatic rings. The zero-order chi connectivity index (χ0) is 27.6. The number of benzene rings is 1. The molecule has 0 spiro atoms. The van der Waals surface area contributed by atoms with Gasteiger partial charge in [0.15, 0.2) is 6.10 Å². The maximum absolute atomic E-state index is 14.1. The first kappa shape index (κ1) is 28.1. The lowest BCUT2D eigenvalue weighted by Gasteiger charge is -2.32. The molecule has 206 valence electrons. The highest BCUT2D eigenvalue weighted by atomic mass is 32.1. The summed E-state index contributed by atoms with van der Waals surface area (Å²) in [5.41, 5.74) is 0.457. The predicted molar refractivity (Wildman–Crippen MR) is 135 cm³/mol. The number of anilines is 2. The van der Waals surface area contributed by atoms with Crippen molar-refractivity contribution in [2.45, 2.75) is 44.5 Å². The van der Waals surface area contributed by atoms with E-state index in [4.69, 9.17) is 4.74 Å².